The number of carboxylic acids is 1. The highest BCUT2D eigenvalue weighted by Gasteiger charge is 2.18. The summed E-state index contributed by atoms with van der Waals surface area (Å²) in [6.07, 6.45) is 0.341. The molecule has 1 aromatic carbocycles. The Morgan fingerprint density at radius 1 is 1.29 bits per heavy atom. The Hall–Kier alpha value is -1.77. The molecule has 5 nitrogen and oxygen atoms in total. The highest BCUT2D eigenvalue weighted by molar-refractivity contribution is 7.91. The molecule has 1 aromatic heterocycles. The molecule has 0 spiro atoms. The van der Waals surface area contributed by atoms with Gasteiger partial charge >= 0.3 is 5.97 Å². The van der Waals surface area contributed by atoms with Crippen molar-refractivity contribution >= 4 is 27.3 Å². The van der Waals surface area contributed by atoms with E-state index in [1.165, 1.54) is 24.3 Å². The minimum absolute atomic E-state index is 0.0412. The summed E-state index contributed by atoms with van der Waals surface area (Å²) < 4.78 is 39.2. The Bertz CT molecular complexity index is 755. The molecule has 0 radical (unpaired) electrons. The normalized spacial score (nSPS) is 11.5. The van der Waals surface area contributed by atoms with Gasteiger partial charge in [-0.1, -0.05) is 12.1 Å². The van der Waals surface area contributed by atoms with Gasteiger partial charge < -0.3 is 5.11 Å². The fourth-order valence-electron chi connectivity index (χ4n) is 1.67. The van der Waals surface area contributed by atoms with Crippen LogP contribution in [0.5, 0.6) is 0 Å². The van der Waals surface area contributed by atoms with Crippen LogP contribution in [-0.2, 0) is 16.4 Å². The summed E-state index contributed by atoms with van der Waals surface area (Å²) in [5.41, 5.74) is 0.676. The Labute approximate surface area is 125 Å². The van der Waals surface area contributed by atoms with E-state index >= 15 is 0 Å². The molecule has 0 saturated carbocycles. The van der Waals surface area contributed by atoms with E-state index in [1.807, 2.05) is 0 Å². The van der Waals surface area contributed by atoms with Crippen molar-refractivity contribution in [2.24, 2.45) is 0 Å². The largest absolute Gasteiger partial charge is 0.477 e. The lowest BCUT2D eigenvalue weighted by Crippen LogP contribution is -2.25. The first-order chi connectivity index (χ1) is 9.88. The van der Waals surface area contributed by atoms with Crippen molar-refractivity contribution in [1.29, 1.82) is 0 Å². The van der Waals surface area contributed by atoms with Crippen molar-refractivity contribution in [3.63, 3.8) is 0 Å². The maximum atomic E-state index is 13.0. The lowest BCUT2D eigenvalue weighted by molar-refractivity contribution is 0.0702. The number of hydrogen-bond acceptors (Lipinski definition) is 4. The highest BCUT2D eigenvalue weighted by atomic mass is 32.2. The highest BCUT2D eigenvalue weighted by Crippen LogP contribution is 2.21. The van der Waals surface area contributed by atoms with Gasteiger partial charge in [0.15, 0.2) is 0 Å². The molecular formula is C13H12FNO4S2. The van der Waals surface area contributed by atoms with Crippen LogP contribution in [0.4, 0.5) is 4.39 Å². The number of benzene rings is 1. The van der Waals surface area contributed by atoms with E-state index in [1.54, 1.807) is 12.1 Å². The van der Waals surface area contributed by atoms with Gasteiger partial charge in [0.05, 0.1) is 0 Å². The first kappa shape index (κ1) is 15.6. The number of carboxylic acid groups (broad SMARTS) is 1. The second-order valence-electron chi connectivity index (χ2n) is 4.20. The van der Waals surface area contributed by atoms with Gasteiger partial charge in [0, 0.05) is 6.54 Å². The summed E-state index contributed by atoms with van der Waals surface area (Å²) in [6.45, 7) is 0.103. The molecule has 21 heavy (non-hydrogen) atoms. The van der Waals surface area contributed by atoms with Gasteiger partial charge in [-0.2, -0.15) is 0 Å². The molecule has 0 aliphatic carbocycles. The van der Waals surface area contributed by atoms with Crippen LogP contribution in [0.25, 0.3) is 0 Å². The molecular weight excluding hydrogens is 317 g/mol. The fraction of sp³-hybridized carbons (Fsp3) is 0.154. The quantitative estimate of drug-likeness (QED) is 0.850. The summed E-state index contributed by atoms with van der Waals surface area (Å²) in [4.78, 5) is 10.7. The second-order valence-corrected chi connectivity index (χ2v) is 7.28. The topological polar surface area (TPSA) is 83.5 Å². The molecule has 0 aliphatic heterocycles. The summed E-state index contributed by atoms with van der Waals surface area (Å²) in [7, 11) is -3.74. The number of carbonyl (C=O) groups is 1. The number of thiophene rings is 1. The van der Waals surface area contributed by atoms with Gasteiger partial charge in [-0.3, -0.25) is 0 Å². The van der Waals surface area contributed by atoms with Crippen molar-refractivity contribution in [3.8, 4) is 0 Å². The van der Waals surface area contributed by atoms with Gasteiger partial charge in [0.25, 0.3) is 0 Å². The molecule has 8 heteroatoms. The predicted octanol–water partition coefficient (Wildman–Crippen LogP) is 2.11. The fourth-order valence-corrected chi connectivity index (χ4v) is 3.89. The molecule has 2 N–H and O–H groups in total. The van der Waals surface area contributed by atoms with Gasteiger partial charge in [-0.15, -0.1) is 11.3 Å². The molecule has 0 aliphatic rings. The minimum Gasteiger partial charge on any atom is -0.477 e. The third-order valence-corrected chi connectivity index (χ3v) is 5.68. The number of nitrogens with one attached hydrogen (secondary N) is 1. The number of aromatic carboxylic acids is 1. The van der Waals surface area contributed by atoms with E-state index < -0.39 is 16.0 Å². The Morgan fingerprint density at radius 2 is 2.05 bits per heavy atom. The van der Waals surface area contributed by atoms with E-state index in [0.29, 0.717) is 23.3 Å². The molecule has 2 aromatic rings. The predicted molar refractivity (Wildman–Crippen MR) is 76.6 cm³/mol. The lowest BCUT2D eigenvalue weighted by Gasteiger charge is -2.05. The third kappa shape index (κ3) is 4.10. The molecule has 0 saturated heterocycles. The number of sulfonamides is 1. The first-order valence-electron chi connectivity index (χ1n) is 5.96. The molecule has 0 unspecified atom stereocenters. The van der Waals surface area contributed by atoms with Crippen LogP contribution in [0.3, 0.4) is 0 Å². The van der Waals surface area contributed by atoms with E-state index in [-0.39, 0.29) is 21.4 Å². The monoisotopic (exact) mass is 329 g/mol. The molecule has 1 heterocycles. The maximum absolute atomic E-state index is 13.0. The van der Waals surface area contributed by atoms with Crippen molar-refractivity contribution in [1.82, 2.24) is 4.72 Å². The maximum Gasteiger partial charge on any atom is 0.345 e. The Morgan fingerprint density at radius 3 is 2.67 bits per heavy atom. The van der Waals surface area contributed by atoms with Gasteiger partial charge in [0.2, 0.25) is 10.0 Å². The molecule has 0 atom stereocenters. The summed E-state index contributed by atoms with van der Waals surface area (Å²) >= 11 is 0.687. The molecule has 0 fully saturated rings. The zero-order valence-electron chi connectivity index (χ0n) is 10.7. The Balaban J connectivity index is 1.99. The first-order valence-corrected chi connectivity index (χ1v) is 8.26. The number of rotatable bonds is 6. The van der Waals surface area contributed by atoms with Crippen LogP contribution < -0.4 is 4.72 Å². The number of hydrogen-bond donors (Lipinski definition) is 2. The van der Waals surface area contributed by atoms with Crippen LogP contribution in [0.1, 0.15) is 15.2 Å². The van der Waals surface area contributed by atoms with Crippen LogP contribution >= 0.6 is 11.3 Å². The second kappa shape index (κ2) is 6.33. The summed E-state index contributed by atoms with van der Waals surface area (Å²) in [5, 5.41) is 8.77. The van der Waals surface area contributed by atoms with Crippen LogP contribution in [0.2, 0.25) is 0 Å². The van der Waals surface area contributed by atoms with E-state index in [4.69, 9.17) is 5.11 Å². The van der Waals surface area contributed by atoms with Gasteiger partial charge in [-0.05, 0) is 36.2 Å². The zero-order chi connectivity index (χ0) is 15.5. The zero-order valence-corrected chi connectivity index (χ0v) is 12.4. The number of halogens is 1. The van der Waals surface area contributed by atoms with Crippen molar-refractivity contribution in [3.05, 3.63) is 52.7 Å². The summed E-state index contributed by atoms with van der Waals surface area (Å²) in [6, 6.07) is 8.39. The van der Waals surface area contributed by atoms with Crippen LogP contribution in [0.15, 0.2) is 40.6 Å². The van der Waals surface area contributed by atoms with Gasteiger partial charge in [0.1, 0.15) is 14.9 Å². The van der Waals surface area contributed by atoms with E-state index in [2.05, 4.69) is 4.72 Å². The van der Waals surface area contributed by atoms with Gasteiger partial charge in [-0.25, -0.2) is 22.3 Å². The van der Waals surface area contributed by atoms with E-state index in [0.717, 1.165) is 0 Å². The van der Waals surface area contributed by atoms with E-state index in [9.17, 15) is 17.6 Å². The molecule has 2 rings (SSSR count). The smallest absolute Gasteiger partial charge is 0.345 e. The Kier molecular flexibility index (Phi) is 4.71. The third-order valence-electron chi connectivity index (χ3n) is 2.65. The average molecular weight is 329 g/mol. The van der Waals surface area contributed by atoms with Crippen molar-refractivity contribution < 1.29 is 22.7 Å². The average Bonchev–Trinajstić information content (AvgIpc) is 2.89. The van der Waals surface area contributed by atoms with Crippen LogP contribution in [0, 0.1) is 5.82 Å². The lowest BCUT2D eigenvalue weighted by atomic mass is 10.1. The SMILES string of the molecule is O=C(O)c1ccc(S(=O)(=O)NCCc2cccc(F)c2)s1. The van der Waals surface area contributed by atoms with Crippen molar-refractivity contribution in [2.45, 2.75) is 10.6 Å². The molecule has 112 valence electrons. The minimum atomic E-state index is -3.74. The van der Waals surface area contributed by atoms with Crippen LogP contribution in [-0.4, -0.2) is 26.0 Å². The van der Waals surface area contributed by atoms with Crippen molar-refractivity contribution in [2.75, 3.05) is 6.54 Å². The molecule has 0 amide bonds. The summed E-state index contributed by atoms with van der Waals surface area (Å²) in [5.74, 6) is -1.54. The standard InChI is InChI=1S/C13H12FNO4S2/c14-10-3-1-2-9(8-10)6-7-15-21(18,19)12-5-4-11(20-12)13(16)17/h1-5,8,15H,6-7H2,(H,16,17). The molecule has 0 bridgehead atoms.